The number of rotatable bonds is 68. The second-order valence-electron chi connectivity index (χ2n) is 26.9. The van der Waals surface area contributed by atoms with E-state index in [1.54, 1.807) is 0 Å². The fourth-order valence-corrected chi connectivity index (χ4v) is 14.4. The molecule has 0 bridgehead atoms. The molecule has 17 heteroatoms. The molecule has 0 aromatic heterocycles. The molecule has 0 unspecified atom stereocenters. The first-order valence-electron chi connectivity index (χ1n) is 36.5. The van der Waals surface area contributed by atoms with Crippen LogP contribution < -0.4 is 16.0 Å². The molecular weight excluding hydrogens is 1120 g/mol. The van der Waals surface area contributed by atoms with E-state index < -0.39 is 84.9 Å². The maximum atomic E-state index is 13.7. The minimum absolute atomic E-state index is 0.132. The maximum Gasteiger partial charge on any atom is 0.501 e. The minimum atomic E-state index is -4.38. The van der Waals surface area contributed by atoms with Crippen molar-refractivity contribution in [3.8, 4) is 0 Å². The third-order valence-corrected chi connectivity index (χ3v) is 20.8. The summed E-state index contributed by atoms with van der Waals surface area (Å²) in [5.74, 6) is -1.07. The van der Waals surface area contributed by atoms with Gasteiger partial charge in [0, 0.05) is 31.7 Å². The number of amides is 3. The molecule has 0 aliphatic rings. The highest BCUT2D eigenvalue weighted by Gasteiger charge is 2.49. The van der Waals surface area contributed by atoms with E-state index in [0.29, 0.717) is 32.2 Å². The van der Waals surface area contributed by atoms with Crippen molar-refractivity contribution in [1.29, 1.82) is 0 Å². The van der Waals surface area contributed by atoms with Crippen molar-refractivity contribution in [3.05, 3.63) is 0 Å². The van der Waals surface area contributed by atoms with Crippen molar-refractivity contribution in [2.45, 2.75) is 346 Å². The Morgan fingerprint density at radius 1 is 0.310 bits per heavy atom. The molecule has 9 N–H and O–H groups in total. The smallest absolute Gasteiger partial charge is 0.394 e. The summed E-state index contributed by atoms with van der Waals surface area (Å²) >= 11 is 0. The second-order valence-corrected chi connectivity index (χ2v) is 29.6. The molecule has 87 heavy (non-hydrogen) atoms. The molecule has 0 aliphatic carbocycles. The first-order chi connectivity index (χ1) is 42.2. The van der Waals surface area contributed by atoms with Crippen molar-refractivity contribution in [2.75, 3.05) is 86.1 Å². The second kappa shape index (κ2) is 56.9. The number of aliphatic hydroxyl groups is 6. The number of quaternary nitrogens is 1. The Morgan fingerprint density at radius 3 is 0.724 bits per heavy atom. The fraction of sp³-hybridized carbons (Fsp3) is 0.957. The van der Waals surface area contributed by atoms with E-state index in [0.717, 1.165) is 101 Å². The first kappa shape index (κ1) is 85.2. The summed E-state index contributed by atoms with van der Waals surface area (Å²) in [4.78, 5) is 41.2. The molecule has 16 nitrogen and oxygen atoms in total. The van der Waals surface area contributed by atoms with Crippen molar-refractivity contribution in [3.63, 3.8) is 0 Å². The highest BCUT2D eigenvalue weighted by molar-refractivity contribution is 6.60. The van der Waals surface area contributed by atoms with Crippen molar-refractivity contribution in [2.24, 2.45) is 0 Å². The van der Waals surface area contributed by atoms with Gasteiger partial charge in [-0.1, -0.05) is 253 Å². The summed E-state index contributed by atoms with van der Waals surface area (Å²) < 4.78 is 21.6. The largest absolute Gasteiger partial charge is 0.501 e. The monoisotopic (exact) mass is 1260 g/mol. The third kappa shape index (κ3) is 44.4. The average Bonchev–Trinajstić information content (AvgIpc) is 3.71. The summed E-state index contributed by atoms with van der Waals surface area (Å²) in [7, 11) is -2.07. The van der Waals surface area contributed by atoms with Crippen LogP contribution in [-0.2, 0) is 27.7 Å². The lowest BCUT2D eigenvalue weighted by molar-refractivity contribution is -0.910. The molecule has 518 valence electrons. The van der Waals surface area contributed by atoms with Gasteiger partial charge >= 0.3 is 8.80 Å². The molecule has 0 rings (SSSR count). The maximum absolute atomic E-state index is 13.7. The molecule has 0 aromatic carbocycles. The number of nitrogens with one attached hydrogen (secondary N) is 3. The quantitative estimate of drug-likeness (QED) is 0.0157. The highest BCUT2D eigenvalue weighted by Crippen LogP contribution is 2.27. The van der Waals surface area contributed by atoms with Gasteiger partial charge < -0.3 is 64.4 Å². The van der Waals surface area contributed by atoms with E-state index >= 15 is 0 Å². The number of hydrogen-bond donors (Lipinski definition) is 9. The van der Waals surface area contributed by atoms with Gasteiger partial charge in [0.1, 0.15) is 16.6 Å². The van der Waals surface area contributed by atoms with Gasteiger partial charge in [-0.05, 0) is 44.9 Å². The lowest BCUT2D eigenvalue weighted by Gasteiger charge is -2.41. The van der Waals surface area contributed by atoms with Gasteiger partial charge in [0.15, 0.2) is 0 Å². The van der Waals surface area contributed by atoms with E-state index in [1.165, 1.54) is 161 Å². The number of hydrogen-bond acceptors (Lipinski definition) is 12. The number of carbonyl (C=O) groups is 3. The molecule has 3 amide bonds. The van der Waals surface area contributed by atoms with E-state index in [9.17, 15) is 45.0 Å². The first-order valence-corrected chi connectivity index (χ1v) is 38.4. The Balaban J connectivity index is 7.31. The average molecular weight is 1260 g/mol. The molecule has 0 heterocycles. The van der Waals surface area contributed by atoms with Crippen LogP contribution in [0, 0.1) is 0 Å². The topological polar surface area (TPSA) is 236 Å². The zero-order valence-electron chi connectivity index (χ0n) is 57.6. The van der Waals surface area contributed by atoms with Crippen LogP contribution in [0.4, 0.5) is 0 Å². The highest BCUT2D eigenvalue weighted by atomic mass is 28.4. The van der Waals surface area contributed by atoms with Gasteiger partial charge in [0.2, 0.25) is 17.7 Å². The lowest BCUT2D eigenvalue weighted by Crippen LogP contribution is -2.65. The fourth-order valence-electron chi connectivity index (χ4n) is 11.6. The van der Waals surface area contributed by atoms with Crippen LogP contribution in [0.3, 0.4) is 0 Å². The Hall–Kier alpha value is -1.77. The molecular formula is C70H143N4O12Si+. The predicted octanol–water partition coefficient (Wildman–Crippen LogP) is 13.6. The van der Waals surface area contributed by atoms with Crippen LogP contribution >= 0.6 is 0 Å². The SMILES string of the molecule is CCCCCCCCCCCC(=O)NC(CO)(CO)CO[Si](CCC[N+](C)(CCCCCCCCC)CCCCCCCCC)(OCC(CO)(CO)NC(=O)CCCCCCCCCCC)OCC(CO)(CO)NC(=O)CCCCCCCCCCC. The van der Waals surface area contributed by atoms with Crippen LogP contribution in [0.1, 0.15) is 324 Å². The van der Waals surface area contributed by atoms with Gasteiger partial charge in [0.05, 0.1) is 86.1 Å². The van der Waals surface area contributed by atoms with Gasteiger partial charge in [-0.3, -0.25) is 14.4 Å². The van der Waals surface area contributed by atoms with E-state index in [2.05, 4.69) is 57.6 Å². The van der Waals surface area contributed by atoms with E-state index in [4.69, 9.17) is 13.3 Å². The normalized spacial score (nSPS) is 12.6. The molecule has 0 fully saturated rings. The Labute approximate surface area is 535 Å². The van der Waals surface area contributed by atoms with Gasteiger partial charge in [0.25, 0.3) is 0 Å². The van der Waals surface area contributed by atoms with Crippen molar-refractivity contribution in [1.82, 2.24) is 16.0 Å². The zero-order valence-corrected chi connectivity index (χ0v) is 58.6. The van der Waals surface area contributed by atoms with Gasteiger partial charge in [-0.25, -0.2) is 0 Å². The standard InChI is InChI=1S/C70H142N4O12Si/c1-7-12-17-22-27-30-33-38-43-49-65(81)71-68(56-75,57-76)62-84-87(85-63-69(58-77,59-78)72-66(82)50-44-39-34-31-28-23-18-13-8-2,86-64-70(60-79,61-80)73-67(83)51-45-40-35-32-29-24-19-14-9-3)55-48-54-74(6,52-46-41-36-25-20-15-10-4)53-47-42-37-26-21-16-11-5/h75-80H,7-64H2,1-6H3,(H2-,71,72,73,81,82,83)/p+1. The van der Waals surface area contributed by atoms with E-state index in [-0.39, 0.29) is 43.0 Å². The lowest BCUT2D eigenvalue weighted by atomic mass is 10.0. The minimum Gasteiger partial charge on any atom is -0.394 e. The van der Waals surface area contributed by atoms with Crippen molar-refractivity contribution >= 4 is 26.5 Å². The summed E-state index contributed by atoms with van der Waals surface area (Å²) in [6.45, 7) is 8.18. The van der Waals surface area contributed by atoms with E-state index in [1.807, 2.05) is 0 Å². The van der Waals surface area contributed by atoms with Gasteiger partial charge in [-0.15, -0.1) is 0 Å². The Kier molecular flexibility index (Phi) is 55.8. The molecule has 0 spiro atoms. The van der Waals surface area contributed by atoms with Crippen LogP contribution in [0.5, 0.6) is 0 Å². The molecule has 0 radical (unpaired) electrons. The summed E-state index contributed by atoms with van der Waals surface area (Å²) in [6.07, 6.45) is 46.8. The number of carbonyl (C=O) groups excluding carboxylic acids is 3. The van der Waals surface area contributed by atoms with Crippen LogP contribution in [-0.4, -0.2) is 164 Å². The summed E-state index contributed by atoms with van der Waals surface area (Å²) in [6, 6.07) is 0.132. The molecule has 0 aliphatic heterocycles. The number of aliphatic hydroxyl groups excluding tert-OH is 6. The van der Waals surface area contributed by atoms with Gasteiger partial charge in [-0.2, -0.15) is 0 Å². The third-order valence-electron chi connectivity index (χ3n) is 18.0. The molecule has 0 aromatic rings. The van der Waals surface area contributed by atoms with Crippen LogP contribution in [0.15, 0.2) is 0 Å². The molecule has 0 saturated heterocycles. The predicted molar refractivity (Wildman–Crippen MR) is 360 cm³/mol. The zero-order chi connectivity index (χ0) is 64.5. The molecule has 0 saturated carbocycles. The van der Waals surface area contributed by atoms with Crippen LogP contribution in [0.2, 0.25) is 6.04 Å². The molecule has 0 atom stereocenters. The summed E-state index contributed by atoms with van der Waals surface area (Å²) in [5.41, 5.74) is -5.07. The summed E-state index contributed by atoms with van der Waals surface area (Å²) in [5, 5.41) is 75.3. The number of unbranched alkanes of at least 4 members (excludes halogenated alkanes) is 36. The Morgan fingerprint density at radius 2 is 0.506 bits per heavy atom. The van der Waals surface area contributed by atoms with Crippen LogP contribution in [0.25, 0.3) is 0 Å². The number of nitrogens with zero attached hydrogens (tertiary/aromatic N) is 1. The Bertz CT molecular complexity index is 1420. The van der Waals surface area contributed by atoms with Crippen molar-refractivity contribution < 1.29 is 62.8 Å².